The molecule has 0 aliphatic carbocycles. The quantitative estimate of drug-likeness (QED) is 0.100. The molecule has 4 aromatic rings. The molecule has 4 aromatic carbocycles. The van der Waals surface area contributed by atoms with Crippen LogP contribution >= 0.6 is 11.8 Å². The van der Waals surface area contributed by atoms with Crippen LogP contribution in [-0.4, -0.2) is 89.4 Å². The van der Waals surface area contributed by atoms with E-state index >= 15 is 0 Å². The highest BCUT2D eigenvalue weighted by atomic mass is 32.2. The van der Waals surface area contributed by atoms with Crippen molar-refractivity contribution in [3.05, 3.63) is 143 Å². The zero-order valence-electron chi connectivity index (χ0n) is 35.1. The number of nitrogens with zero attached hydrogens (tertiary/aromatic N) is 2. The van der Waals surface area contributed by atoms with Gasteiger partial charge in [0.2, 0.25) is 11.8 Å². The second-order valence-electron chi connectivity index (χ2n) is 16.6. The lowest BCUT2D eigenvalue weighted by atomic mass is 9.84. The maximum Gasteiger partial charge on any atom is 0.410 e. The fourth-order valence-electron chi connectivity index (χ4n) is 8.22. The van der Waals surface area contributed by atoms with Crippen molar-refractivity contribution in [1.29, 1.82) is 0 Å². The van der Waals surface area contributed by atoms with Crippen LogP contribution in [0.1, 0.15) is 75.3 Å². The zero-order chi connectivity index (χ0) is 42.2. The number of rotatable bonds is 14. The van der Waals surface area contributed by atoms with Gasteiger partial charge in [0, 0.05) is 37.3 Å². The topological polar surface area (TPSA) is 117 Å². The fraction of sp³-hybridized carbons (Fsp3) is 0.417. The molecule has 0 bridgehead atoms. The molecule has 0 radical (unpaired) electrons. The summed E-state index contributed by atoms with van der Waals surface area (Å²) in [4.78, 5) is 58.0. The van der Waals surface area contributed by atoms with Crippen LogP contribution in [0.15, 0.2) is 115 Å². The molecule has 3 amide bonds. The SMILES string of the molecule is CC[C@H](C)[C@H](NC[C@@H]1CC(SC(c2ccccc2)(c2ccccc2)c2ccccc2)CN1C(=O)OC(C)(C)C)C(=O)N1Cc2ccccc2C[C@H]1C(=O)NCC(=O)OC. The smallest absolute Gasteiger partial charge is 0.410 e. The van der Waals surface area contributed by atoms with Crippen LogP contribution in [0.25, 0.3) is 0 Å². The van der Waals surface area contributed by atoms with E-state index in [1.54, 1.807) is 4.90 Å². The summed E-state index contributed by atoms with van der Waals surface area (Å²) in [6.07, 6.45) is 1.29. The van der Waals surface area contributed by atoms with Gasteiger partial charge in [-0.2, -0.15) is 0 Å². The number of hydrogen-bond acceptors (Lipinski definition) is 8. The number of nitrogens with one attached hydrogen (secondary N) is 2. The molecule has 6 rings (SSSR count). The Labute approximate surface area is 353 Å². The third-order valence-electron chi connectivity index (χ3n) is 11.4. The first-order valence-electron chi connectivity index (χ1n) is 20.6. The first-order valence-corrected chi connectivity index (χ1v) is 21.5. The summed E-state index contributed by atoms with van der Waals surface area (Å²) in [5.41, 5.74) is 4.69. The van der Waals surface area contributed by atoms with Crippen LogP contribution in [-0.2, 0) is 41.6 Å². The van der Waals surface area contributed by atoms with Gasteiger partial charge < -0.3 is 29.9 Å². The number of ether oxygens (including phenoxy) is 2. The molecule has 10 nitrogen and oxygen atoms in total. The molecule has 5 atom stereocenters. The third kappa shape index (κ3) is 10.2. The van der Waals surface area contributed by atoms with E-state index in [2.05, 4.69) is 83.4 Å². The second kappa shape index (κ2) is 19.3. The molecular formula is C48H58N4O6S. The minimum atomic E-state index is -0.817. The summed E-state index contributed by atoms with van der Waals surface area (Å²) in [5.74, 6) is -1.27. The maximum absolute atomic E-state index is 14.8. The standard InChI is InChI=1S/C48H58N4O6S/c1-7-33(2)43(45(55)52-31-35-20-18-17-19-34(35)27-41(52)44(54)50-30-42(53)57-6)49-29-39-28-40(32-51(39)46(56)58-47(3,4)5)59-48(36-21-11-8-12-22-36,37-23-13-9-14-24-37)38-25-15-10-16-26-38/h8-26,33,39-41,43,49H,7,27-32H2,1-6H3,(H,50,54)/t33-,39-,40?,41-,43-/m0/s1. The molecule has 1 fully saturated rings. The van der Waals surface area contributed by atoms with E-state index in [0.29, 0.717) is 32.4 Å². The highest BCUT2D eigenvalue weighted by molar-refractivity contribution is 8.01. The van der Waals surface area contributed by atoms with Gasteiger partial charge in [-0.05, 0) is 60.9 Å². The molecule has 1 unspecified atom stereocenters. The van der Waals surface area contributed by atoms with Crippen molar-refractivity contribution in [1.82, 2.24) is 20.4 Å². The minimum absolute atomic E-state index is 0.00540. The summed E-state index contributed by atoms with van der Waals surface area (Å²) in [5, 5.41) is 6.30. The highest BCUT2D eigenvalue weighted by Crippen LogP contribution is 2.52. The summed E-state index contributed by atoms with van der Waals surface area (Å²) in [6.45, 7) is 10.5. The van der Waals surface area contributed by atoms with Gasteiger partial charge in [0.05, 0.1) is 17.9 Å². The van der Waals surface area contributed by atoms with Crippen molar-refractivity contribution in [2.75, 3.05) is 26.7 Å². The van der Waals surface area contributed by atoms with E-state index < -0.39 is 40.4 Å². The molecule has 2 N–H and O–H groups in total. The number of benzene rings is 4. The number of esters is 1. The molecule has 312 valence electrons. The van der Waals surface area contributed by atoms with Crippen LogP contribution in [0.5, 0.6) is 0 Å². The number of methoxy groups -OCH3 is 1. The van der Waals surface area contributed by atoms with Gasteiger partial charge in [-0.25, -0.2) is 4.79 Å². The Morgan fingerprint density at radius 1 is 0.797 bits per heavy atom. The van der Waals surface area contributed by atoms with Crippen LogP contribution in [0.2, 0.25) is 0 Å². The molecule has 0 aromatic heterocycles. The van der Waals surface area contributed by atoms with Crippen LogP contribution in [0, 0.1) is 5.92 Å². The molecule has 2 aliphatic rings. The van der Waals surface area contributed by atoms with Crippen LogP contribution in [0.3, 0.4) is 0 Å². The predicted molar refractivity (Wildman–Crippen MR) is 233 cm³/mol. The Bertz CT molecular complexity index is 1950. The van der Waals surface area contributed by atoms with Crippen molar-refractivity contribution in [3.8, 4) is 0 Å². The van der Waals surface area contributed by atoms with E-state index in [0.717, 1.165) is 27.8 Å². The van der Waals surface area contributed by atoms with Crippen molar-refractivity contribution in [2.24, 2.45) is 5.92 Å². The van der Waals surface area contributed by atoms with Crippen molar-refractivity contribution in [2.45, 2.75) is 94.1 Å². The van der Waals surface area contributed by atoms with Gasteiger partial charge in [-0.3, -0.25) is 14.4 Å². The van der Waals surface area contributed by atoms with Gasteiger partial charge in [-0.15, -0.1) is 11.8 Å². The van der Waals surface area contributed by atoms with Gasteiger partial charge in [-0.1, -0.05) is 136 Å². The average molecular weight is 819 g/mol. The number of amides is 3. The summed E-state index contributed by atoms with van der Waals surface area (Å²) >= 11 is 1.85. The number of hydrogen-bond donors (Lipinski definition) is 2. The molecular weight excluding hydrogens is 761 g/mol. The van der Waals surface area contributed by atoms with Crippen LogP contribution in [0.4, 0.5) is 4.79 Å². The number of thioether (sulfide) groups is 1. The number of carbonyl (C=O) groups is 4. The normalized spacial score (nSPS) is 19.0. The monoisotopic (exact) mass is 818 g/mol. The molecule has 0 saturated carbocycles. The Kier molecular flexibility index (Phi) is 14.2. The lowest BCUT2D eigenvalue weighted by Crippen LogP contribution is -2.59. The second-order valence-corrected chi connectivity index (χ2v) is 18.1. The molecule has 2 heterocycles. The Balaban J connectivity index is 1.31. The summed E-state index contributed by atoms with van der Waals surface area (Å²) in [6, 6.07) is 37.7. The zero-order valence-corrected chi connectivity index (χ0v) is 35.9. The Morgan fingerprint density at radius 3 is 1.86 bits per heavy atom. The predicted octanol–water partition coefficient (Wildman–Crippen LogP) is 7.34. The maximum atomic E-state index is 14.8. The Morgan fingerprint density at radius 2 is 1.34 bits per heavy atom. The van der Waals surface area contributed by atoms with Crippen LogP contribution < -0.4 is 10.6 Å². The first-order chi connectivity index (χ1) is 28.3. The number of fused-ring (bicyclic) bond motifs is 1. The van der Waals surface area contributed by atoms with Crippen molar-refractivity contribution >= 4 is 35.6 Å². The molecule has 0 spiro atoms. The van der Waals surface area contributed by atoms with Gasteiger partial charge in [0.15, 0.2) is 0 Å². The van der Waals surface area contributed by atoms with Gasteiger partial charge in [0.25, 0.3) is 0 Å². The van der Waals surface area contributed by atoms with E-state index in [1.165, 1.54) is 7.11 Å². The summed E-state index contributed by atoms with van der Waals surface area (Å²) in [7, 11) is 1.27. The molecule has 2 aliphatic heterocycles. The fourth-order valence-corrected chi connectivity index (χ4v) is 10.1. The van der Waals surface area contributed by atoms with Gasteiger partial charge in [0.1, 0.15) is 18.2 Å². The lowest BCUT2D eigenvalue weighted by Gasteiger charge is -2.39. The lowest BCUT2D eigenvalue weighted by molar-refractivity contribution is -0.146. The number of likely N-dealkylation sites (tertiary alicyclic amines) is 1. The molecule has 1 saturated heterocycles. The number of carbonyl (C=O) groups excluding carboxylic acids is 4. The van der Waals surface area contributed by atoms with Crippen molar-refractivity contribution < 1.29 is 28.7 Å². The molecule has 11 heteroatoms. The minimum Gasteiger partial charge on any atom is -0.468 e. The first kappa shape index (κ1) is 43.4. The van der Waals surface area contributed by atoms with Gasteiger partial charge >= 0.3 is 12.1 Å². The third-order valence-corrected chi connectivity index (χ3v) is 13.1. The van der Waals surface area contributed by atoms with E-state index in [-0.39, 0.29) is 36.2 Å². The Hall–Kier alpha value is -5.13. The van der Waals surface area contributed by atoms with E-state index in [1.807, 2.05) is 93.7 Å². The summed E-state index contributed by atoms with van der Waals surface area (Å²) < 4.78 is 10.2. The average Bonchev–Trinajstić information content (AvgIpc) is 3.66. The molecule has 59 heavy (non-hydrogen) atoms. The van der Waals surface area contributed by atoms with Crippen molar-refractivity contribution in [3.63, 3.8) is 0 Å². The van der Waals surface area contributed by atoms with E-state index in [4.69, 9.17) is 9.47 Å². The highest BCUT2D eigenvalue weighted by Gasteiger charge is 2.46. The largest absolute Gasteiger partial charge is 0.468 e. The van der Waals surface area contributed by atoms with E-state index in [9.17, 15) is 19.2 Å².